The first-order chi connectivity index (χ1) is 9.90. The molecule has 0 saturated carbocycles. The van der Waals surface area contributed by atoms with Crippen molar-refractivity contribution in [3.63, 3.8) is 0 Å². The van der Waals surface area contributed by atoms with Gasteiger partial charge in [0, 0.05) is 17.1 Å². The molecule has 0 aliphatic heterocycles. The number of fused-ring (bicyclic) bond motifs is 1. The lowest BCUT2D eigenvalue weighted by atomic mass is 10.3. The summed E-state index contributed by atoms with van der Waals surface area (Å²) in [6, 6.07) is 6.76. The van der Waals surface area contributed by atoms with Crippen LogP contribution >= 0.6 is 27.5 Å². The topological polar surface area (TPSA) is 21.1 Å². The minimum atomic E-state index is -0.0843. The van der Waals surface area contributed by atoms with Gasteiger partial charge < -0.3 is 9.47 Å². The molecule has 0 aliphatic rings. The zero-order valence-corrected chi connectivity index (χ0v) is 15.4. The van der Waals surface area contributed by atoms with Crippen LogP contribution in [-0.4, -0.2) is 34.1 Å². The normalized spacial score (nSPS) is 13.5. The van der Waals surface area contributed by atoms with Gasteiger partial charge in [-0.2, -0.15) is 0 Å². The van der Waals surface area contributed by atoms with Gasteiger partial charge in [-0.25, -0.2) is 4.98 Å². The molecule has 0 amide bonds. The van der Waals surface area contributed by atoms with Crippen LogP contribution in [0.4, 0.5) is 0 Å². The summed E-state index contributed by atoms with van der Waals surface area (Å²) in [5.74, 6) is 0.956. The Balaban J connectivity index is 2.24. The van der Waals surface area contributed by atoms with Crippen molar-refractivity contribution in [2.45, 2.75) is 45.2 Å². The number of aromatic nitrogens is 2. The van der Waals surface area contributed by atoms with Gasteiger partial charge in [0.2, 0.25) is 0 Å². The summed E-state index contributed by atoms with van der Waals surface area (Å²) in [5, 5.41) is -0.0843. The molecular weight excluding hydrogens is 350 g/mol. The molecule has 1 aromatic carbocycles. The van der Waals surface area contributed by atoms with E-state index in [2.05, 4.69) is 57.3 Å². The minimum absolute atomic E-state index is 0.0843. The van der Waals surface area contributed by atoms with Gasteiger partial charge >= 0.3 is 0 Å². The predicted molar refractivity (Wildman–Crippen MR) is 94.1 cm³/mol. The van der Waals surface area contributed by atoms with Crippen molar-refractivity contribution in [3.8, 4) is 0 Å². The molecule has 116 valence electrons. The van der Waals surface area contributed by atoms with Crippen molar-refractivity contribution in [2.24, 2.45) is 0 Å². The maximum atomic E-state index is 6.31. The lowest BCUT2D eigenvalue weighted by Crippen LogP contribution is -2.28. The van der Waals surface area contributed by atoms with Crippen molar-refractivity contribution in [2.75, 3.05) is 13.6 Å². The van der Waals surface area contributed by atoms with E-state index in [4.69, 9.17) is 11.6 Å². The van der Waals surface area contributed by atoms with Gasteiger partial charge in [-0.05, 0) is 59.0 Å². The third-order valence-corrected chi connectivity index (χ3v) is 4.56. The van der Waals surface area contributed by atoms with Gasteiger partial charge in [0.1, 0.15) is 5.82 Å². The molecule has 0 bridgehead atoms. The van der Waals surface area contributed by atoms with Crippen LogP contribution < -0.4 is 0 Å². The fourth-order valence-electron chi connectivity index (χ4n) is 2.39. The Bertz CT molecular complexity index is 607. The molecule has 0 spiro atoms. The molecule has 0 N–H and O–H groups in total. The molecule has 0 radical (unpaired) electrons. The SMILES string of the molecule is CC(Cl)c1nc2ccc(Br)cc2n1CCCN(C)C(C)C. The Labute approximate surface area is 140 Å². The monoisotopic (exact) mass is 371 g/mol. The van der Waals surface area contributed by atoms with Crippen molar-refractivity contribution >= 4 is 38.6 Å². The largest absolute Gasteiger partial charge is 0.327 e. The number of alkyl halides is 1. The Morgan fingerprint density at radius 2 is 2.05 bits per heavy atom. The fraction of sp³-hybridized carbons (Fsp3) is 0.562. The second-order valence-electron chi connectivity index (χ2n) is 5.80. The van der Waals surface area contributed by atoms with Gasteiger partial charge in [0.05, 0.1) is 16.4 Å². The Hall–Kier alpha value is -0.580. The number of hydrogen-bond acceptors (Lipinski definition) is 2. The first-order valence-corrected chi connectivity index (χ1v) is 8.63. The van der Waals surface area contributed by atoms with E-state index in [1.165, 1.54) is 0 Å². The molecule has 0 saturated heterocycles. The number of aryl methyl sites for hydroxylation is 1. The maximum Gasteiger partial charge on any atom is 0.127 e. The molecule has 1 heterocycles. The zero-order chi connectivity index (χ0) is 15.6. The standard InChI is InChI=1S/C16H23BrClN3/c1-11(2)20(4)8-5-9-21-15-10-13(17)6-7-14(15)19-16(21)12(3)18/h6-7,10-12H,5,8-9H2,1-4H3. The van der Waals surface area contributed by atoms with Crippen molar-refractivity contribution < 1.29 is 0 Å². The summed E-state index contributed by atoms with van der Waals surface area (Å²) in [7, 11) is 2.17. The molecule has 5 heteroatoms. The van der Waals surface area contributed by atoms with E-state index in [1.54, 1.807) is 0 Å². The quantitative estimate of drug-likeness (QED) is 0.677. The molecule has 21 heavy (non-hydrogen) atoms. The molecule has 1 atom stereocenters. The van der Waals surface area contributed by atoms with Gasteiger partial charge in [-0.15, -0.1) is 11.6 Å². The van der Waals surface area contributed by atoms with Gasteiger partial charge in [-0.3, -0.25) is 0 Å². The van der Waals surface area contributed by atoms with E-state index in [0.717, 1.165) is 40.8 Å². The highest BCUT2D eigenvalue weighted by Crippen LogP contribution is 2.27. The van der Waals surface area contributed by atoms with E-state index in [0.29, 0.717) is 6.04 Å². The summed E-state index contributed by atoms with van der Waals surface area (Å²) < 4.78 is 3.33. The number of rotatable bonds is 6. The Kier molecular flexibility index (Phi) is 5.69. The zero-order valence-electron chi connectivity index (χ0n) is 13.1. The van der Waals surface area contributed by atoms with Crippen molar-refractivity contribution in [1.29, 1.82) is 0 Å². The van der Waals surface area contributed by atoms with Crippen LogP contribution in [-0.2, 0) is 6.54 Å². The predicted octanol–water partition coefficient (Wildman–Crippen LogP) is 4.83. The van der Waals surface area contributed by atoms with Crippen LogP contribution in [0, 0.1) is 0 Å². The number of hydrogen-bond donors (Lipinski definition) is 0. The van der Waals surface area contributed by atoms with Crippen LogP contribution in [0.1, 0.15) is 38.4 Å². The van der Waals surface area contributed by atoms with Crippen LogP contribution in [0.3, 0.4) is 0 Å². The van der Waals surface area contributed by atoms with E-state index in [1.807, 2.05) is 19.1 Å². The average molecular weight is 373 g/mol. The lowest BCUT2D eigenvalue weighted by molar-refractivity contribution is 0.265. The van der Waals surface area contributed by atoms with Crippen molar-refractivity contribution in [3.05, 3.63) is 28.5 Å². The van der Waals surface area contributed by atoms with Crippen LogP contribution in [0.2, 0.25) is 0 Å². The first kappa shape index (κ1) is 16.8. The molecule has 2 rings (SSSR count). The smallest absolute Gasteiger partial charge is 0.127 e. The van der Waals surface area contributed by atoms with Gasteiger partial charge in [0.15, 0.2) is 0 Å². The number of nitrogens with zero attached hydrogens (tertiary/aromatic N) is 3. The molecular formula is C16H23BrClN3. The second-order valence-corrected chi connectivity index (χ2v) is 7.37. The lowest BCUT2D eigenvalue weighted by Gasteiger charge is -2.21. The summed E-state index contributed by atoms with van der Waals surface area (Å²) >= 11 is 9.85. The summed E-state index contributed by atoms with van der Waals surface area (Å²) in [6.07, 6.45) is 1.09. The van der Waals surface area contributed by atoms with Crippen LogP contribution in [0.5, 0.6) is 0 Å². The molecule has 1 unspecified atom stereocenters. The van der Waals surface area contributed by atoms with E-state index < -0.39 is 0 Å². The van der Waals surface area contributed by atoms with Gasteiger partial charge in [0.25, 0.3) is 0 Å². The van der Waals surface area contributed by atoms with Crippen LogP contribution in [0.25, 0.3) is 11.0 Å². The molecule has 0 fully saturated rings. The first-order valence-electron chi connectivity index (χ1n) is 7.40. The molecule has 2 aromatic rings. The van der Waals surface area contributed by atoms with Crippen molar-refractivity contribution in [1.82, 2.24) is 14.5 Å². The summed E-state index contributed by atoms with van der Waals surface area (Å²) in [6.45, 7) is 8.43. The Morgan fingerprint density at radius 3 is 2.67 bits per heavy atom. The second kappa shape index (κ2) is 7.12. The highest BCUT2D eigenvalue weighted by atomic mass is 79.9. The molecule has 0 aliphatic carbocycles. The maximum absolute atomic E-state index is 6.31. The summed E-state index contributed by atoms with van der Waals surface area (Å²) in [5.41, 5.74) is 2.16. The van der Waals surface area contributed by atoms with E-state index >= 15 is 0 Å². The minimum Gasteiger partial charge on any atom is -0.327 e. The average Bonchev–Trinajstić information content (AvgIpc) is 2.77. The molecule has 3 nitrogen and oxygen atoms in total. The third-order valence-electron chi connectivity index (χ3n) is 3.87. The Morgan fingerprint density at radius 1 is 1.33 bits per heavy atom. The molecule has 1 aromatic heterocycles. The fourth-order valence-corrected chi connectivity index (χ4v) is 2.91. The highest BCUT2D eigenvalue weighted by molar-refractivity contribution is 9.10. The number of imidazole rings is 1. The van der Waals surface area contributed by atoms with Crippen LogP contribution in [0.15, 0.2) is 22.7 Å². The summed E-state index contributed by atoms with van der Waals surface area (Å²) in [4.78, 5) is 7.04. The van der Waals surface area contributed by atoms with E-state index in [9.17, 15) is 0 Å². The number of benzene rings is 1. The third kappa shape index (κ3) is 3.99. The highest BCUT2D eigenvalue weighted by Gasteiger charge is 2.15. The van der Waals surface area contributed by atoms with E-state index in [-0.39, 0.29) is 5.38 Å². The van der Waals surface area contributed by atoms with Gasteiger partial charge in [-0.1, -0.05) is 15.9 Å². The number of halogens is 2.